The minimum absolute atomic E-state index is 0.0544. The number of amides is 1. The van der Waals surface area contributed by atoms with Crippen LogP contribution in [0.3, 0.4) is 0 Å². The number of carbonyl (C=O) groups excluding carboxylic acids is 2. The average Bonchev–Trinajstić information content (AvgIpc) is 3.16. The Bertz CT molecular complexity index is 968. The topological polar surface area (TPSA) is 74.7 Å². The number of amidine groups is 1. The number of fused-ring (bicyclic) bond motifs is 1. The normalized spacial score (nSPS) is 13.4. The molecule has 31 heavy (non-hydrogen) atoms. The van der Waals surface area contributed by atoms with E-state index in [0.29, 0.717) is 30.9 Å². The van der Waals surface area contributed by atoms with Crippen molar-refractivity contribution in [1.82, 2.24) is 15.2 Å². The van der Waals surface area contributed by atoms with Crippen molar-refractivity contribution in [2.45, 2.75) is 46.1 Å². The second-order valence-corrected chi connectivity index (χ2v) is 7.56. The number of hydrogen-bond donors (Lipinski definition) is 1. The van der Waals surface area contributed by atoms with Crippen LogP contribution < -0.4 is 5.32 Å². The number of aromatic nitrogens is 1. The number of Topliss-reactive ketones (excluding diaryl/α,β-unsaturated/α-hetero) is 1. The summed E-state index contributed by atoms with van der Waals surface area (Å²) >= 11 is 0. The van der Waals surface area contributed by atoms with E-state index in [2.05, 4.69) is 15.3 Å². The molecule has 1 aromatic heterocycles. The van der Waals surface area contributed by atoms with Gasteiger partial charge in [0.2, 0.25) is 5.91 Å². The molecule has 0 bridgehead atoms. The lowest BCUT2D eigenvalue weighted by Crippen LogP contribution is -2.36. The first-order chi connectivity index (χ1) is 15.0. The number of hydrogen-bond acceptors (Lipinski definition) is 5. The quantitative estimate of drug-likeness (QED) is 0.671. The lowest BCUT2D eigenvalue weighted by atomic mass is 9.90. The minimum Gasteiger partial charge on any atom is -0.370 e. The van der Waals surface area contributed by atoms with Gasteiger partial charge in [0.05, 0.1) is 12.5 Å². The van der Waals surface area contributed by atoms with Crippen molar-refractivity contribution in [3.63, 3.8) is 0 Å². The van der Waals surface area contributed by atoms with Gasteiger partial charge in [-0.3, -0.25) is 19.6 Å². The van der Waals surface area contributed by atoms with E-state index in [1.54, 1.807) is 23.2 Å². The molecule has 1 aliphatic rings. The van der Waals surface area contributed by atoms with Crippen molar-refractivity contribution >= 4 is 17.5 Å². The number of rotatable bonds is 9. The predicted octanol–water partition coefficient (Wildman–Crippen LogP) is 3.24. The number of likely N-dealkylation sites (N-methyl/N-ethyl adjacent to an activating group) is 1. The van der Waals surface area contributed by atoms with E-state index in [1.165, 1.54) is 12.1 Å². The fourth-order valence-electron chi connectivity index (χ4n) is 3.86. The molecule has 1 N–H and O–H groups in total. The number of ketones is 1. The van der Waals surface area contributed by atoms with Crippen molar-refractivity contribution in [2.24, 2.45) is 4.99 Å². The van der Waals surface area contributed by atoms with Crippen LogP contribution in [0.15, 0.2) is 41.5 Å². The predicted molar refractivity (Wildman–Crippen MR) is 119 cm³/mol. The first-order valence-corrected chi connectivity index (χ1v) is 10.8. The van der Waals surface area contributed by atoms with E-state index in [4.69, 9.17) is 0 Å². The van der Waals surface area contributed by atoms with Crippen LogP contribution in [0, 0.1) is 5.82 Å². The zero-order valence-electron chi connectivity index (χ0n) is 18.3. The number of carbonyl (C=O) groups is 2. The third kappa shape index (κ3) is 5.34. The van der Waals surface area contributed by atoms with Gasteiger partial charge in [0.15, 0.2) is 0 Å². The van der Waals surface area contributed by atoms with E-state index in [-0.39, 0.29) is 30.3 Å². The second-order valence-electron chi connectivity index (χ2n) is 7.56. The Balaban J connectivity index is 1.75. The maximum atomic E-state index is 13.4. The molecule has 2 heterocycles. The lowest BCUT2D eigenvalue weighted by molar-refractivity contribution is -0.134. The van der Waals surface area contributed by atoms with Gasteiger partial charge in [0.1, 0.15) is 17.4 Å². The molecule has 1 amide bonds. The molecule has 3 rings (SSSR count). The van der Waals surface area contributed by atoms with Gasteiger partial charge in [-0.2, -0.15) is 0 Å². The summed E-state index contributed by atoms with van der Waals surface area (Å²) in [7, 11) is 0. The number of nitrogens with zero attached hydrogens (tertiary/aromatic N) is 3. The zero-order valence-corrected chi connectivity index (χ0v) is 18.3. The van der Waals surface area contributed by atoms with E-state index >= 15 is 0 Å². The highest BCUT2D eigenvalue weighted by molar-refractivity contribution is 6.01. The van der Waals surface area contributed by atoms with Crippen molar-refractivity contribution in [2.75, 3.05) is 19.6 Å². The smallest absolute Gasteiger partial charge is 0.230 e. The molecule has 164 valence electrons. The molecule has 0 spiro atoms. The first kappa shape index (κ1) is 22.6. The third-order valence-corrected chi connectivity index (χ3v) is 5.51. The number of halogens is 1. The molecular weight excluding hydrogens is 395 g/mol. The summed E-state index contributed by atoms with van der Waals surface area (Å²) in [4.78, 5) is 36.6. The van der Waals surface area contributed by atoms with Crippen molar-refractivity contribution in [3.05, 3.63) is 64.7 Å². The van der Waals surface area contributed by atoms with Gasteiger partial charge in [0.25, 0.3) is 0 Å². The Hall–Kier alpha value is -3.09. The molecule has 2 aromatic rings. The van der Waals surface area contributed by atoms with Gasteiger partial charge in [-0.05, 0) is 50.1 Å². The van der Waals surface area contributed by atoms with Crippen molar-refractivity contribution in [3.8, 4) is 0 Å². The number of benzene rings is 1. The highest BCUT2D eigenvalue weighted by Crippen LogP contribution is 2.25. The molecule has 0 radical (unpaired) electrons. The number of nitrogens with one attached hydrogen (secondary N) is 1. The summed E-state index contributed by atoms with van der Waals surface area (Å²) in [6.45, 7) is 8.29. The second kappa shape index (κ2) is 10.3. The molecule has 0 saturated heterocycles. The van der Waals surface area contributed by atoms with E-state index < -0.39 is 5.92 Å². The van der Waals surface area contributed by atoms with Gasteiger partial charge in [-0.1, -0.05) is 12.1 Å². The fraction of sp³-hybridized carbons (Fsp3) is 0.417. The van der Waals surface area contributed by atoms with Crippen LogP contribution in [0.25, 0.3) is 0 Å². The Kier molecular flexibility index (Phi) is 7.50. The third-order valence-electron chi connectivity index (χ3n) is 5.51. The maximum Gasteiger partial charge on any atom is 0.230 e. The molecule has 1 aromatic carbocycles. The van der Waals surface area contributed by atoms with Crippen LogP contribution in [-0.2, 0) is 22.6 Å². The van der Waals surface area contributed by atoms with Crippen LogP contribution in [0.2, 0.25) is 0 Å². The summed E-state index contributed by atoms with van der Waals surface area (Å²) in [5, 5.41) is 3.22. The average molecular weight is 425 g/mol. The molecule has 0 fully saturated rings. The van der Waals surface area contributed by atoms with Gasteiger partial charge in [-0.25, -0.2) is 4.39 Å². The van der Waals surface area contributed by atoms with Gasteiger partial charge in [-0.15, -0.1) is 0 Å². The molecule has 7 heteroatoms. The Morgan fingerprint density at radius 3 is 2.52 bits per heavy atom. The molecular formula is C24H29FN4O2. The van der Waals surface area contributed by atoms with E-state index in [9.17, 15) is 14.0 Å². The lowest BCUT2D eigenvalue weighted by Gasteiger charge is -2.25. The van der Waals surface area contributed by atoms with E-state index in [1.807, 2.05) is 26.8 Å². The van der Waals surface area contributed by atoms with Gasteiger partial charge < -0.3 is 10.2 Å². The first-order valence-electron chi connectivity index (χ1n) is 10.8. The standard InChI is InChI=1S/C24H29FN4O2/c1-4-26-23-22-15-27-19(11-17(22)14-28-23)12-20(30)13-21(24(31)29(5-2)6-3)16-7-9-18(25)10-8-16/h7-11,15,21H,4-6,12-14H2,1-3H3,(H,26,28). The Morgan fingerprint density at radius 1 is 1.16 bits per heavy atom. The number of aliphatic imine (C=N–C) groups is 1. The largest absolute Gasteiger partial charge is 0.370 e. The van der Waals surface area contributed by atoms with E-state index in [0.717, 1.165) is 23.5 Å². The monoisotopic (exact) mass is 424 g/mol. The summed E-state index contributed by atoms with van der Waals surface area (Å²) in [5.41, 5.74) is 3.34. The molecule has 1 aliphatic heterocycles. The highest BCUT2D eigenvalue weighted by Gasteiger charge is 2.27. The van der Waals surface area contributed by atoms with Crippen LogP contribution in [0.5, 0.6) is 0 Å². The summed E-state index contributed by atoms with van der Waals surface area (Å²) in [6, 6.07) is 7.74. The molecule has 1 unspecified atom stereocenters. The molecule has 0 saturated carbocycles. The van der Waals surface area contributed by atoms with Crippen molar-refractivity contribution < 1.29 is 14.0 Å². The van der Waals surface area contributed by atoms with Crippen LogP contribution in [-0.4, -0.2) is 47.0 Å². The zero-order chi connectivity index (χ0) is 22.4. The van der Waals surface area contributed by atoms with Gasteiger partial charge >= 0.3 is 0 Å². The summed E-state index contributed by atoms with van der Waals surface area (Å²) < 4.78 is 13.4. The van der Waals surface area contributed by atoms with Crippen LogP contribution in [0.1, 0.15) is 55.5 Å². The highest BCUT2D eigenvalue weighted by atomic mass is 19.1. The molecule has 6 nitrogen and oxygen atoms in total. The SMILES string of the molecule is CCNC1=NCc2cc(CC(=O)CC(C(=O)N(CC)CC)c3ccc(F)cc3)ncc21. The number of pyridine rings is 1. The minimum atomic E-state index is -0.633. The summed E-state index contributed by atoms with van der Waals surface area (Å²) in [6.07, 6.45) is 1.96. The van der Waals surface area contributed by atoms with Crippen LogP contribution in [0.4, 0.5) is 4.39 Å². The van der Waals surface area contributed by atoms with Crippen molar-refractivity contribution in [1.29, 1.82) is 0 Å². The Morgan fingerprint density at radius 2 is 1.87 bits per heavy atom. The maximum absolute atomic E-state index is 13.4. The summed E-state index contributed by atoms with van der Waals surface area (Å²) in [5.74, 6) is -0.357. The molecule has 0 aliphatic carbocycles. The van der Waals surface area contributed by atoms with Gasteiger partial charge in [0, 0.05) is 49.9 Å². The fourth-order valence-corrected chi connectivity index (χ4v) is 3.86. The van der Waals surface area contributed by atoms with Crippen LogP contribution >= 0.6 is 0 Å². The molecule has 1 atom stereocenters. The Labute approximate surface area is 182 Å².